The second-order valence-electron chi connectivity index (χ2n) is 4.00. The van der Waals surface area contributed by atoms with Gasteiger partial charge in [-0.15, -0.1) is 0 Å². The third-order valence-corrected chi connectivity index (χ3v) is 3.00. The molecule has 0 bridgehead atoms. The van der Waals surface area contributed by atoms with Crippen molar-refractivity contribution in [2.45, 2.75) is 13.5 Å². The van der Waals surface area contributed by atoms with Crippen LogP contribution in [0.1, 0.15) is 21.8 Å². The minimum absolute atomic E-state index is 0.0741. The molecule has 5 nitrogen and oxygen atoms in total. The van der Waals surface area contributed by atoms with Crippen LogP contribution in [0.4, 0.5) is 0 Å². The predicted octanol–water partition coefficient (Wildman–Crippen LogP) is 3.15. The van der Waals surface area contributed by atoms with Crippen LogP contribution in [-0.4, -0.2) is 23.2 Å². The summed E-state index contributed by atoms with van der Waals surface area (Å²) in [4.78, 5) is 15.2. The van der Waals surface area contributed by atoms with Gasteiger partial charge < -0.3 is 14.3 Å². The normalized spacial score (nSPS) is 10.7. The Kier molecular flexibility index (Phi) is 3.87. The van der Waals surface area contributed by atoms with Gasteiger partial charge in [0, 0.05) is 17.7 Å². The molecular weight excluding hydrogens is 270 g/mol. The number of oxazole rings is 1. The molecule has 0 aliphatic carbocycles. The van der Waals surface area contributed by atoms with E-state index in [1.54, 1.807) is 12.1 Å². The van der Waals surface area contributed by atoms with Crippen LogP contribution in [0.25, 0.3) is 11.5 Å². The number of halogens is 1. The zero-order valence-electron chi connectivity index (χ0n) is 10.4. The zero-order valence-corrected chi connectivity index (χ0v) is 11.2. The maximum atomic E-state index is 11.0. The molecule has 2 rings (SSSR count). The first kappa shape index (κ1) is 13.6. The first-order valence-corrected chi connectivity index (χ1v) is 5.89. The second kappa shape index (κ2) is 5.42. The Labute approximate surface area is 114 Å². The van der Waals surface area contributed by atoms with Crippen LogP contribution >= 0.6 is 11.6 Å². The van der Waals surface area contributed by atoms with Crippen LogP contribution in [0.3, 0.4) is 0 Å². The summed E-state index contributed by atoms with van der Waals surface area (Å²) in [6.45, 7) is 1.95. The highest BCUT2D eigenvalue weighted by molar-refractivity contribution is 6.31. The van der Waals surface area contributed by atoms with E-state index < -0.39 is 5.97 Å². The third kappa shape index (κ3) is 2.77. The van der Waals surface area contributed by atoms with Crippen LogP contribution < -0.4 is 0 Å². The number of carbonyl (C=O) groups is 1. The molecule has 0 radical (unpaired) electrons. The first-order valence-electron chi connectivity index (χ1n) is 5.51. The summed E-state index contributed by atoms with van der Waals surface area (Å²) in [5, 5.41) is 9.61. The number of benzene rings is 1. The lowest BCUT2D eigenvalue weighted by molar-refractivity contribution is 0.0656. The molecule has 1 aromatic heterocycles. The molecule has 0 spiro atoms. The number of carboxylic acid groups (broad SMARTS) is 1. The van der Waals surface area contributed by atoms with Gasteiger partial charge in [0.1, 0.15) is 5.69 Å². The Balaban J connectivity index is 2.47. The minimum atomic E-state index is -1.18. The zero-order chi connectivity index (χ0) is 14.0. The number of aryl methyl sites for hydroxylation is 1. The largest absolute Gasteiger partial charge is 0.475 e. The van der Waals surface area contributed by atoms with Gasteiger partial charge in [0.15, 0.2) is 0 Å². The van der Waals surface area contributed by atoms with Gasteiger partial charge in [-0.25, -0.2) is 9.78 Å². The van der Waals surface area contributed by atoms with Crippen molar-refractivity contribution < 1.29 is 19.1 Å². The monoisotopic (exact) mass is 281 g/mol. The smallest absolute Gasteiger partial charge is 0.373 e. The quantitative estimate of drug-likeness (QED) is 0.932. The third-order valence-electron chi connectivity index (χ3n) is 2.59. The van der Waals surface area contributed by atoms with Crippen molar-refractivity contribution in [3.63, 3.8) is 0 Å². The Hall–Kier alpha value is -1.85. The molecule has 0 aliphatic rings. The highest BCUT2D eigenvalue weighted by Crippen LogP contribution is 2.26. The molecule has 0 amide bonds. The minimum Gasteiger partial charge on any atom is -0.475 e. The van der Waals surface area contributed by atoms with E-state index in [0.717, 1.165) is 5.56 Å². The van der Waals surface area contributed by atoms with Crippen molar-refractivity contribution in [3.8, 4) is 11.5 Å². The molecular formula is C13H12ClNO4. The second-order valence-corrected chi connectivity index (χ2v) is 4.40. The molecule has 0 atom stereocenters. The Morgan fingerprint density at radius 1 is 1.53 bits per heavy atom. The van der Waals surface area contributed by atoms with E-state index in [0.29, 0.717) is 10.6 Å². The fourth-order valence-electron chi connectivity index (χ4n) is 1.60. The summed E-state index contributed by atoms with van der Waals surface area (Å²) in [7, 11) is 1.46. The van der Waals surface area contributed by atoms with Crippen molar-refractivity contribution in [1.29, 1.82) is 0 Å². The lowest BCUT2D eigenvalue weighted by Gasteiger charge is -1.99. The molecule has 0 saturated carbocycles. The molecule has 0 saturated heterocycles. The number of hydrogen-bond donors (Lipinski definition) is 1. The highest BCUT2D eigenvalue weighted by atomic mass is 35.5. The van der Waals surface area contributed by atoms with Crippen molar-refractivity contribution in [2.75, 3.05) is 7.11 Å². The average molecular weight is 282 g/mol. The molecule has 0 aliphatic heterocycles. The highest BCUT2D eigenvalue weighted by Gasteiger charge is 2.20. The van der Waals surface area contributed by atoms with Gasteiger partial charge in [0.05, 0.1) is 6.61 Å². The predicted molar refractivity (Wildman–Crippen MR) is 69.4 cm³/mol. The molecule has 0 unspecified atom stereocenters. The van der Waals surface area contributed by atoms with Gasteiger partial charge in [-0.05, 0) is 24.6 Å². The SMILES string of the molecule is COCc1nc(-c2ccc(C)c(Cl)c2)oc1C(=O)O. The molecule has 1 aromatic carbocycles. The molecule has 1 heterocycles. The van der Waals surface area contributed by atoms with E-state index in [2.05, 4.69) is 4.98 Å². The van der Waals surface area contributed by atoms with E-state index in [4.69, 9.17) is 25.9 Å². The number of aromatic carboxylic acids is 1. The van der Waals surface area contributed by atoms with Gasteiger partial charge in [0.2, 0.25) is 11.7 Å². The lowest BCUT2D eigenvalue weighted by atomic mass is 10.1. The van der Waals surface area contributed by atoms with Crippen LogP contribution in [0.15, 0.2) is 22.6 Å². The van der Waals surface area contributed by atoms with Gasteiger partial charge in [0.25, 0.3) is 0 Å². The summed E-state index contributed by atoms with van der Waals surface area (Å²) in [6.07, 6.45) is 0. The molecule has 0 fully saturated rings. The van der Waals surface area contributed by atoms with Crippen LogP contribution in [0, 0.1) is 6.92 Å². The van der Waals surface area contributed by atoms with E-state index in [9.17, 15) is 4.79 Å². The summed E-state index contributed by atoms with van der Waals surface area (Å²) in [5.41, 5.74) is 1.80. The number of methoxy groups -OCH3 is 1. The summed E-state index contributed by atoms with van der Waals surface area (Å²) < 4.78 is 10.2. The maximum absolute atomic E-state index is 11.0. The van der Waals surface area contributed by atoms with Crippen LogP contribution in [-0.2, 0) is 11.3 Å². The van der Waals surface area contributed by atoms with Crippen molar-refractivity contribution in [1.82, 2.24) is 4.98 Å². The van der Waals surface area contributed by atoms with Gasteiger partial charge in [-0.3, -0.25) is 0 Å². The van der Waals surface area contributed by atoms with Crippen molar-refractivity contribution in [2.24, 2.45) is 0 Å². The van der Waals surface area contributed by atoms with Crippen molar-refractivity contribution >= 4 is 17.6 Å². The number of hydrogen-bond acceptors (Lipinski definition) is 4. The fourth-order valence-corrected chi connectivity index (χ4v) is 1.78. The molecule has 100 valence electrons. The van der Waals surface area contributed by atoms with Crippen LogP contribution in [0.2, 0.25) is 5.02 Å². The van der Waals surface area contributed by atoms with Crippen LogP contribution in [0.5, 0.6) is 0 Å². The van der Waals surface area contributed by atoms with E-state index in [1.807, 2.05) is 13.0 Å². The Bertz CT molecular complexity index is 621. The number of carboxylic acids is 1. The van der Waals surface area contributed by atoms with E-state index in [1.165, 1.54) is 7.11 Å². The standard InChI is InChI=1S/C13H12ClNO4/c1-7-3-4-8(5-9(7)14)12-15-10(6-18-2)11(19-12)13(16)17/h3-5H,6H2,1-2H3,(H,16,17). The Morgan fingerprint density at radius 2 is 2.26 bits per heavy atom. The van der Waals surface area contributed by atoms with E-state index in [-0.39, 0.29) is 24.0 Å². The summed E-state index contributed by atoms with van der Waals surface area (Å²) >= 11 is 6.02. The lowest BCUT2D eigenvalue weighted by Crippen LogP contribution is -2.00. The summed E-state index contributed by atoms with van der Waals surface area (Å²) in [6, 6.07) is 5.28. The first-order chi connectivity index (χ1) is 9.02. The molecule has 1 N–H and O–H groups in total. The number of ether oxygens (including phenoxy) is 1. The number of aromatic nitrogens is 1. The molecule has 2 aromatic rings. The number of rotatable bonds is 4. The Morgan fingerprint density at radius 3 is 2.84 bits per heavy atom. The van der Waals surface area contributed by atoms with Crippen molar-refractivity contribution in [3.05, 3.63) is 40.2 Å². The van der Waals surface area contributed by atoms with Gasteiger partial charge in [-0.1, -0.05) is 17.7 Å². The van der Waals surface area contributed by atoms with Gasteiger partial charge >= 0.3 is 5.97 Å². The van der Waals surface area contributed by atoms with Gasteiger partial charge in [-0.2, -0.15) is 0 Å². The fraction of sp³-hybridized carbons (Fsp3) is 0.231. The van der Waals surface area contributed by atoms with E-state index >= 15 is 0 Å². The topological polar surface area (TPSA) is 72.6 Å². The summed E-state index contributed by atoms with van der Waals surface area (Å²) in [5.74, 6) is -1.18. The molecule has 19 heavy (non-hydrogen) atoms. The molecule has 6 heteroatoms. The average Bonchev–Trinajstić information content (AvgIpc) is 2.77. The number of nitrogens with zero attached hydrogens (tertiary/aromatic N) is 1. The maximum Gasteiger partial charge on any atom is 0.373 e.